The minimum Gasteiger partial charge on any atom is -0.451 e. The molecule has 2 nitrogen and oxygen atoms in total. The Balaban J connectivity index is 3.19. The van der Waals surface area contributed by atoms with Crippen LogP contribution in [0.5, 0.6) is 0 Å². The number of halogens is 1. The van der Waals surface area contributed by atoms with Crippen molar-refractivity contribution in [3.8, 4) is 0 Å². The summed E-state index contributed by atoms with van der Waals surface area (Å²) in [5, 5.41) is 0. The van der Waals surface area contributed by atoms with E-state index in [1.165, 1.54) is 19.3 Å². The molecule has 0 aromatic rings. The Labute approximate surface area is 79.2 Å². The third-order valence-electron chi connectivity index (χ3n) is 1.76. The van der Waals surface area contributed by atoms with E-state index in [2.05, 4.69) is 6.92 Å². The zero-order chi connectivity index (χ0) is 9.40. The van der Waals surface area contributed by atoms with Gasteiger partial charge in [-0.2, -0.15) is 0 Å². The molecule has 1 atom stereocenters. The normalized spacial score (nSPS) is 12.6. The molecule has 0 aliphatic rings. The largest absolute Gasteiger partial charge is 0.451 e. The Morgan fingerprint density at radius 3 is 2.58 bits per heavy atom. The van der Waals surface area contributed by atoms with E-state index in [4.69, 9.17) is 16.3 Å². The van der Waals surface area contributed by atoms with Gasteiger partial charge in [0, 0.05) is 11.6 Å². The number of carbonyl (C=O) groups excluding carboxylic acids is 1. The Morgan fingerprint density at radius 1 is 1.42 bits per heavy atom. The molecule has 12 heavy (non-hydrogen) atoms. The number of carbonyl (C=O) groups is 1. The summed E-state index contributed by atoms with van der Waals surface area (Å²) >= 11 is 5.05. The fourth-order valence-electron chi connectivity index (χ4n) is 1.08. The van der Waals surface area contributed by atoms with Crippen LogP contribution >= 0.6 is 11.6 Å². The van der Waals surface area contributed by atoms with E-state index < -0.39 is 5.43 Å². The highest BCUT2D eigenvalue weighted by molar-refractivity contribution is 6.61. The molecule has 72 valence electrons. The predicted molar refractivity (Wildman–Crippen MR) is 50.6 cm³/mol. The highest BCUT2D eigenvalue weighted by Gasteiger charge is 2.05. The van der Waals surface area contributed by atoms with Crippen LogP contribution in [-0.2, 0) is 4.74 Å². The molecule has 3 heteroatoms. The molecule has 0 fully saturated rings. The van der Waals surface area contributed by atoms with Gasteiger partial charge < -0.3 is 4.74 Å². The average molecular weight is 193 g/mol. The van der Waals surface area contributed by atoms with Crippen LogP contribution in [-0.4, -0.2) is 11.5 Å². The quantitative estimate of drug-likeness (QED) is 0.474. The van der Waals surface area contributed by atoms with Gasteiger partial charge >= 0.3 is 5.43 Å². The van der Waals surface area contributed by atoms with Gasteiger partial charge in [-0.3, -0.25) is 0 Å². The van der Waals surface area contributed by atoms with E-state index in [1.54, 1.807) is 0 Å². The lowest BCUT2D eigenvalue weighted by atomic mass is 10.1. The van der Waals surface area contributed by atoms with Crippen molar-refractivity contribution in [1.82, 2.24) is 0 Å². The van der Waals surface area contributed by atoms with E-state index in [0.29, 0.717) is 0 Å². The lowest BCUT2D eigenvalue weighted by Gasteiger charge is -2.09. The molecule has 0 saturated heterocycles. The molecule has 0 aliphatic carbocycles. The van der Waals surface area contributed by atoms with Gasteiger partial charge in [-0.1, -0.05) is 26.2 Å². The molecule has 0 aromatic heterocycles. The zero-order valence-electron chi connectivity index (χ0n) is 7.81. The van der Waals surface area contributed by atoms with Crippen LogP contribution < -0.4 is 0 Å². The van der Waals surface area contributed by atoms with Crippen LogP contribution in [0.4, 0.5) is 4.79 Å². The number of hydrogen-bond donors (Lipinski definition) is 0. The van der Waals surface area contributed by atoms with Gasteiger partial charge in [0.1, 0.15) is 6.10 Å². The molecule has 0 amide bonds. The monoisotopic (exact) mass is 192 g/mol. The van der Waals surface area contributed by atoms with Gasteiger partial charge in [0.15, 0.2) is 0 Å². The van der Waals surface area contributed by atoms with Crippen molar-refractivity contribution in [3.05, 3.63) is 0 Å². The molecular formula is C9H17ClO2. The average Bonchev–Trinajstić information content (AvgIpc) is 1.97. The molecule has 0 aromatic carbocycles. The predicted octanol–water partition coefficient (Wildman–Crippen LogP) is 3.72. The molecule has 0 spiro atoms. The summed E-state index contributed by atoms with van der Waals surface area (Å²) in [6, 6.07) is 0. The van der Waals surface area contributed by atoms with Gasteiger partial charge in [-0.15, -0.1) is 0 Å². The summed E-state index contributed by atoms with van der Waals surface area (Å²) in [7, 11) is 0. The summed E-state index contributed by atoms with van der Waals surface area (Å²) in [6.07, 6.45) is 5.68. The van der Waals surface area contributed by atoms with Crippen LogP contribution in [0.3, 0.4) is 0 Å². The van der Waals surface area contributed by atoms with Crippen molar-refractivity contribution in [2.45, 2.75) is 52.1 Å². The van der Waals surface area contributed by atoms with Gasteiger partial charge in [0.25, 0.3) is 0 Å². The fraction of sp³-hybridized carbons (Fsp3) is 0.889. The molecule has 0 N–H and O–H groups in total. The number of ether oxygens (including phenoxy) is 1. The minimum atomic E-state index is -0.696. The number of unbranched alkanes of at least 4 members (excludes halogenated alkanes) is 3. The number of rotatable bonds is 6. The molecule has 0 saturated carbocycles. The van der Waals surface area contributed by atoms with Crippen LogP contribution in [0.2, 0.25) is 0 Å². The van der Waals surface area contributed by atoms with E-state index in [9.17, 15) is 4.79 Å². The van der Waals surface area contributed by atoms with Crippen molar-refractivity contribution in [2.24, 2.45) is 0 Å². The molecular weight excluding hydrogens is 176 g/mol. The summed E-state index contributed by atoms with van der Waals surface area (Å²) < 4.78 is 4.76. The lowest BCUT2D eigenvalue weighted by Crippen LogP contribution is -2.09. The summed E-state index contributed by atoms with van der Waals surface area (Å²) in [5.41, 5.74) is -0.696. The minimum absolute atomic E-state index is 0.0353. The molecule has 0 aliphatic heterocycles. The third-order valence-corrected chi connectivity index (χ3v) is 1.85. The summed E-state index contributed by atoms with van der Waals surface area (Å²) in [4.78, 5) is 10.3. The SMILES string of the molecule is CCCCCC[C@H](C)OC(=O)Cl. The van der Waals surface area contributed by atoms with Crippen molar-refractivity contribution in [2.75, 3.05) is 0 Å². The summed E-state index contributed by atoms with van der Waals surface area (Å²) in [5.74, 6) is 0. The fourth-order valence-corrected chi connectivity index (χ4v) is 1.23. The van der Waals surface area contributed by atoms with Crippen molar-refractivity contribution in [1.29, 1.82) is 0 Å². The van der Waals surface area contributed by atoms with E-state index >= 15 is 0 Å². The van der Waals surface area contributed by atoms with Crippen LogP contribution in [0, 0.1) is 0 Å². The first kappa shape index (κ1) is 11.8. The highest BCUT2D eigenvalue weighted by atomic mass is 35.5. The zero-order valence-corrected chi connectivity index (χ0v) is 8.56. The first-order valence-electron chi connectivity index (χ1n) is 4.53. The summed E-state index contributed by atoms with van der Waals surface area (Å²) in [6.45, 7) is 4.04. The van der Waals surface area contributed by atoms with E-state index in [1.807, 2.05) is 6.92 Å². The second kappa shape index (κ2) is 7.41. The molecule has 0 unspecified atom stereocenters. The van der Waals surface area contributed by atoms with Gasteiger partial charge in [-0.25, -0.2) is 4.79 Å². The van der Waals surface area contributed by atoms with Gasteiger partial charge in [-0.05, 0) is 19.8 Å². The van der Waals surface area contributed by atoms with Crippen molar-refractivity contribution < 1.29 is 9.53 Å². The Hall–Kier alpha value is -0.240. The molecule has 0 rings (SSSR count). The molecule has 0 radical (unpaired) electrons. The topological polar surface area (TPSA) is 26.3 Å². The second-order valence-electron chi connectivity index (χ2n) is 3.02. The first-order valence-corrected chi connectivity index (χ1v) is 4.90. The first-order chi connectivity index (χ1) is 5.66. The van der Waals surface area contributed by atoms with Crippen molar-refractivity contribution >= 4 is 17.0 Å². The maximum absolute atomic E-state index is 10.3. The Bertz CT molecular complexity index is 126. The van der Waals surface area contributed by atoms with Crippen LogP contribution in [0.15, 0.2) is 0 Å². The Kier molecular flexibility index (Phi) is 7.26. The smallest absolute Gasteiger partial charge is 0.404 e. The molecule has 0 heterocycles. The van der Waals surface area contributed by atoms with Crippen molar-refractivity contribution in [3.63, 3.8) is 0 Å². The van der Waals surface area contributed by atoms with E-state index in [0.717, 1.165) is 12.8 Å². The second-order valence-corrected chi connectivity index (χ2v) is 3.32. The van der Waals surface area contributed by atoms with Gasteiger partial charge in [0.05, 0.1) is 0 Å². The maximum Gasteiger partial charge on any atom is 0.404 e. The maximum atomic E-state index is 10.3. The lowest BCUT2D eigenvalue weighted by molar-refractivity contribution is 0.124. The van der Waals surface area contributed by atoms with E-state index in [-0.39, 0.29) is 6.10 Å². The van der Waals surface area contributed by atoms with Crippen LogP contribution in [0.25, 0.3) is 0 Å². The van der Waals surface area contributed by atoms with Gasteiger partial charge in [0.2, 0.25) is 0 Å². The third kappa shape index (κ3) is 7.86. The molecule has 0 bridgehead atoms. The van der Waals surface area contributed by atoms with Crippen LogP contribution in [0.1, 0.15) is 46.0 Å². The number of hydrogen-bond acceptors (Lipinski definition) is 2. The standard InChI is InChI=1S/C9H17ClO2/c1-3-4-5-6-7-8(2)12-9(10)11/h8H,3-7H2,1-2H3/t8-/m0/s1. The highest BCUT2D eigenvalue weighted by Crippen LogP contribution is 2.08. The Morgan fingerprint density at radius 2 is 2.08 bits per heavy atom.